The van der Waals surface area contributed by atoms with Crippen LogP contribution >= 0.6 is 0 Å². The Balaban J connectivity index is 1.38. The minimum absolute atomic E-state index is 0.239. The van der Waals surface area contributed by atoms with Crippen molar-refractivity contribution < 1.29 is 14.4 Å². The van der Waals surface area contributed by atoms with Crippen molar-refractivity contribution in [1.29, 1.82) is 0 Å². The number of anilines is 1. The number of para-hydroxylation sites is 1. The lowest BCUT2D eigenvalue weighted by Gasteiger charge is -2.24. The minimum atomic E-state index is -1.14. The topological polar surface area (TPSA) is 69.7 Å². The molecule has 1 fully saturated rings. The van der Waals surface area contributed by atoms with Crippen molar-refractivity contribution in [3.63, 3.8) is 0 Å². The van der Waals surface area contributed by atoms with Gasteiger partial charge in [0.05, 0.1) is 0 Å². The molecule has 0 radical (unpaired) electrons. The molecule has 2 heterocycles. The second kappa shape index (κ2) is 6.44. The maximum Gasteiger partial charge on any atom is 0.325 e. The third-order valence-electron chi connectivity index (χ3n) is 6.43. The Morgan fingerprint density at radius 3 is 2.69 bits per heavy atom. The third kappa shape index (κ3) is 2.74. The van der Waals surface area contributed by atoms with Gasteiger partial charge in [-0.25, -0.2) is 4.79 Å². The zero-order valence-corrected chi connectivity index (χ0v) is 16.4. The number of hydrogen-bond donors (Lipinski definition) is 1. The number of nitrogens with zero attached hydrogens (tertiary/aromatic N) is 2. The molecule has 1 saturated heterocycles. The average Bonchev–Trinajstić information content (AvgIpc) is 3.41. The summed E-state index contributed by atoms with van der Waals surface area (Å²) in [4.78, 5) is 41.5. The van der Waals surface area contributed by atoms with Gasteiger partial charge in [-0.2, -0.15) is 0 Å². The predicted octanol–water partition coefficient (Wildman–Crippen LogP) is 2.53. The zero-order chi connectivity index (χ0) is 20.2. The van der Waals surface area contributed by atoms with Gasteiger partial charge in [0.15, 0.2) is 0 Å². The molecular formula is C23H23N3O3. The van der Waals surface area contributed by atoms with Crippen LogP contribution in [-0.4, -0.2) is 35.8 Å². The van der Waals surface area contributed by atoms with E-state index in [9.17, 15) is 14.4 Å². The maximum atomic E-state index is 13.2. The number of carbonyl (C=O) groups is 3. The van der Waals surface area contributed by atoms with Gasteiger partial charge < -0.3 is 10.2 Å². The highest BCUT2D eigenvalue weighted by molar-refractivity contribution is 6.10. The second-order valence-corrected chi connectivity index (χ2v) is 8.21. The fourth-order valence-electron chi connectivity index (χ4n) is 4.74. The molecular weight excluding hydrogens is 366 g/mol. The number of hydrogen-bond acceptors (Lipinski definition) is 3. The summed E-state index contributed by atoms with van der Waals surface area (Å²) in [5, 5.41) is 2.82. The van der Waals surface area contributed by atoms with Crippen LogP contribution in [-0.2, 0) is 34.4 Å². The zero-order valence-electron chi connectivity index (χ0n) is 16.4. The van der Waals surface area contributed by atoms with E-state index in [0.717, 1.165) is 47.4 Å². The lowest BCUT2D eigenvalue weighted by Crippen LogP contribution is -2.44. The van der Waals surface area contributed by atoms with Crippen molar-refractivity contribution in [3.8, 4) is 0 Å². The van der Waals surface area contributed by atoms with E-state index in [0.29, 0.717) is 6.54 Å². The first kappa shape index (κ1) is 17.9. The number of urea groups is 1. The summed E-state index contributed by atoms with van der Waals surface area (Å²) < 4.78 is 0. The summed E-state index contributed by atoms with van der Waals surface area (Å²) in [5.41, 5.74) is 4.17. The highest BCUT2D eigenvalue weighted by Crippen LogP contribution is 2.33. The monoisotopic (exact) mass is 389 g/mol. The van der Waals surface area contributed by atoms with Crippen molar-refractivity contribution in [3.05, 3.63) is 64.7 Å². The molecule has 0 bridgehead atoms. The van der Waals surface area contributed by atoms with Gasteiger partial charge in [0.25, 0.3) is 5.91 Å². The summed E-state index contributed by atoms with van der Waals surface area (Å²) in [5.74, 6) is -0.613. The van der Waals surface area contributed by atoms with E-state index in [4.69, 9.17) is 0 Å². The van der Waals surface area contributed by atoms with Crippen LogP contribution in [0.1, 0.15) is 35.6 Å². The van der Waals surface area contributed by atoms with Crippen LogP contribution in [0.15, 0.2) is 42.5 Å². The Labute approximate surface area is 169 Å². The molecule has 2 aromatic carbocycles. The number of benzene rings is 2. The molecule has 1 N–H and O–H groups in total. The van der Waals surface area contributed by atoms with Gasteiger partial charge >= 0.3 is 6.03 Å². The molecule has 3 aliphatic rings. The van der Waals surface area contributed by atoms with Crippen LogP contribution in [0.5, 0.6) is 0 Å². The molecule has 0 saturated carbocycles. The van der Waals surface area contributed by atoms with Crippen molar-refractivity contribution in [2.45, 2.75) is 38.1 Å². The molecule has 1 unspecified atom stereocenters. The molecule has 148 valence electrons. The van der Waals surface area contributed by atoms with Crippen LogP contribution in [0, 0.1) is 0 Å². The summed E-state index contributed by atoms with van der Waals surface area (Å²) >= 11 is 0. The van der Waals surface area contributed by atoms with Crippen molar-refractivity contribution in [1.82, 2.24) is 10.2 Å². The molecule has 1 aliphatic carbocycles. The maximum absolute atomic E-state index is 13.2. The number of rotatable bonds is 3. The molecule has 0 aromatic heterocycles. The van der Waals surface area contributed by atoms with Gasteiger partial charge in [-0.15, -0.1) is 0 Å². The highest BCUT2D eigenvalue weighted by atomic mass is 16.2. The van der Waals surface area contributed by atoms with Gasteiger partial charge in [0.1, 0.15) is 12.1 Å². The van der Waals surface area contributed by atoms with E-state index in [-0.39, 0.29) is 18.4 Å². The number of amides is 4. The Hall–Kier alpha value is -3.15. The quantitative estimate of drug-likeness (QED) is 0.820. The largest absolute Gasteiger partial charge is 0.325 e. The van der Waals surface area contributed by atoms with Crippen molar-refractivity contribution >= 4 is 23.5 Å². The van der Waals surface area contributed by atoms with E-state index >= 15 is 0 Å². The number of fused-ring (bicyclic) bond motifs is 2. The fourth-order valence-corrected chi connectivity index (χ4v) is 4.74. The first-order valence-electron chi connectivity index (χ1n) is 10.1. The lowest BCUT2D eigenvalue weighted by molar-refractivity contribution is -0.134. The van der Waals surface area contributed by atoms with E-state index < -0.39 is 11.6 Å². The van der Waals surface area contributed by atoms with Crippen molar-refractivity contribution in [2.75, 3.05) is 18.0 Å². The predicted molar refractivity (Wildman–Crippen MR) is 109 cm³/mol. The third-order valence-corrected chi connectivity index (χ3v) is 6.43. The van der Waals surface area contributed by atoms with Gasteiger partial charge in [0, 0.05) is 12.2 Å². The van der Waals surface area contributed by atoms with Gasteiger partial charge in [-0.3, -0.25) is 14.5 Å². The lowest BCUT2D eigenvalue weighted by atomic mass is 9.89. The molecule has 5 rings (SSSR count). The number of aryl methyl sites for hydroxylation is 2. The minimum Gasteiger partial charge on any atom is -0.319 e. The average molecular weight is 389 g/mol. The number of nitrogens with one attached hydrogen (secondary N) is 1. The molecule has 0 spiro atoms. The summed E-state index contributed by atoms with van der Waals surface area (Å²) in [7, 11) is 0. The van der Waals surface area contributed by atoms with E-state index in [2.05, 4.69) is 11.4 Å². The van der Waals surface area contributed by atoms with Crippen LogP contribution in [0.2, 0.25) is 0 Å². The van der Waals surface area contributed by atoms with Gasteiger partial charge in [-0.05, 0) is 60.9 Å². The Morgan fingerprint density at radius 1 is 1.03 bits per heavy atom. The summed E-state index contributed by atoms with van der Waals surface area (Å²) in [6.45, 7) is 2.04. The fraction of sp³-hybridized carbons (Fsp3) is 0.348. The molecule has 6 heteroatoms. The van der Waals surface area contributed by atoms with Crippen LogP contribution in [0.25, 0.3) is 0 Å². The Morgan fingerprint density at radius 2 is 1.83 bits per heavy atom. The molecule has 2 aromatic rings. The summed E-state index contributed by atoms with van der Waals surface area (Å²) in [6, 6.07) is 13.2. The second-order valence-electron chi connectivity index (χ2n) is 8.21. The van der Waals surface area contributed by atoms with Crippen molar-refractivity contribution in [2.24, 2.45) is 0 Å². The Kier molecular flexibility index (Phi) is 3.98. The van der Waals surface area contributed by atoms with E-state index in [1.807, 2.05) is 36.4 Å². The van der Waals surface area contributed by atoms with Crippen LogP contribution in [0.4, 0.5) is 10.5 Å². The van der Waals surface area contributed by atoms with Crippen LogP contribution < -0.4 is 10.2 Å². The molecule has 29 heavy (non-hydrogen) atoms. The first-order valence-corrected chi connectivity index (χ1v) is 10.1. The van der Waals surface area contributed by atoms with E-state index in [1.54, 1.807) is 11.8 Å². The number of imide groups is 1. The van der Waals surface area contributed by atoms with Crippen LogP contribution in [0.3, 0.4) is 0 Å². The summed E-state index contributed by atoms with van der Waals surface area (Å²) in [6.07, 6.45) is 3.96. The van der Waals surface area contributed by atoms with E-state index in [1.165, 1.54) is 11.1 Å². The highest BCUT2D eigenvalue weighted by Gasteiger charge is 2.50. The normalized spacial score (nSPS) is 22.7. The Bertz CT molecular complexity index is 1050. The van der Waals surface area contributed by atoms with Gasteiger partial charge in [0.2, 0.25) is 5.91 Å². The standard InChI is InChI=1S/C23H23N3O3/c1-23(18-10-9-15-6-4-7-17(15)13-18)21(28)26(22(29)24-23)14-20(27)25-12-11-16-5-2-3-8-19(16)25/h2-3,5,8-10,13H,4,6-7,11-12,14H2,1H3,(H,24,29). The molecule has 6 nitrogen and oxygen atoms in total. The van der Waals surface area contributed by atoms with Gasteiger partial charge in [-0.1, -0.05) is 36.4 Å². The SMILES string of the molecule is CC1(c2ccc3c(c2)CCC3)NC(=O)N(CC(=O)N2CCc3ccccc32)C1=O. The number of carbonyl (C=O) groups excluding carboxylic acids is 3. The molecule has 1 atom stereocenters. The molecule has 4 amide bonds. The molecule has 2 aliphatic heterocycles. The smallest absolute Gasteiger partial charge is 0.319 e. The first-order chi connectivity index (χ1) is 14.0.